The molecule has 0 aliphatic rings. The van der Waals surface area contributed by atoms with Crippen molar-refractivity contribution in [3.05, 3.63) is 59.7 Å². The first kappa shape index (κ1) is 14.9. The maximum atomic E-state index is 13.4. The lowest BCUT2D eigenvalue weighted by Crippen LogP contribution is -2.13. The van der Waals surface area contributed by atoms with Crippen molar-refractivity contribution in [3.63, 3.8) is 0 Å². The van der Waals surface area contributed by atoms with Crippen LogP contribution in [0.25, 0.3) is 0 Å². The minimum Gasteiger partial charge on any atom is -0.376 e. The summed E-state index contributed by atoms with van der Waals surface area (Å²) in [5.74, 6) is -3.35. The Balaban J connectivity index is 2.31. The zero-order valence-corrected chi connectivity index (χ0v) is 11.2. The van der Waals surface area contributed by atoms with Gasteiger partial charge in [-0.05, 0) is 36.4 Å². The molecule has 2 aromatic rings. The Morgan fingerprint density at radius 1 is 1.05 bits per heavy atom. The van der Waals surface area contributed by atoms with Crippen LogP contribution in [0.3, 0.4) is 0 Å². The molecule has 2 rings (SSSR count). The molecule has 0 saturated carbocycles. The lowest BCUT2D eigenvalue weighted by atomic mass is 10.2. The van der Waals surface area contributed by atoms with Crippen molar-refractivity contribution in [2.75, 3.05) is 0 Å². The minimum atomic E-state index is -4.31. The molecular formula is C13H9F2NO4S. The average molecular weight is 313 g/mol. The highest BCUT2D eigenvalue weighted by Crippen LogP contribution is 2.22. The number of primary amides is 1. The molecule has 0 saturated heterocycles. The van der Waals surface area contributed by atoms with Crippen LogP contribution in [0.15, 0.2) is 47.4 Å². The summed E-state index contributed by atoms with van der Waals surface area (Å²) in [4.78, 5) is 10.6. The van der Waals surface area contributed by atoms with E-state index in [1.54, 1.807) is 0 Å². The smallest absolute Gasteiger partial charge is 0.339 e. The van der Waals surface area contributed by atoms with E-state index in [1.165, 1.54) is 12.1 Å². The Morgan fingerprint density at radius 2 is 1.67 bits per heavy atom. The number of carbonyl (C=O) groups excluding carboxylic acids is 1. The third-order valence-corrected chi connectivity index (χ3v) is 3.77. The number of rotatable bonds is 4. The number of hydrogen-bond acceptors (Lipinski definition) is 4. The van der Waals surface area contributed by atoms with Gasteiger partial charge in [0, 0.05) is 11.6 Å². The van der Waals surface area contributed by atoms with E-state index in [0.29, 0.717) is 6.07 Å². The number of amides is 1. The lowest BCUT2D eigenvalue weighted by molar-refractivity contribution is 0.1000. The first-order valence-corrected chi connectivity index (χ1v) is 7.00. The van der Waals surface area contributed by atoms with Crippen molar-refractivity contribution in [2.24, 2.45) is 5.73 Å². The normalized spacial score (nSPS) is 11.1. The van der Waals surface area contributed by atoms with Crippen LogP contribution in [0.4, 0.5) is 8.78 Å². The van der Waals surface area contributed by atoms with Gasteiger partial charge in [0.15, 0.2) is 11.6 Å². The summed E-state index contributed by atoms with van der Waals surface area (Å²) in [5.41, 5.74) is 5.14. The summed E-state index contributed by atoms with van der Waals surface area (Å²) < 4.78 is 54.5. The molecule has 0 heterocycles. The van der Waals surface area contributed by atoms with E-state index < -0.39 is 33.4 Å². The molecule has 8 heteroatoms. The van der Waals surface area contributed by atoms with Crippen molar-refractivity contribution < 1.29 is 26.2 Å². The van der Waals surface area contributed by atoms with Crippen molar-refractivity contribution >= 4 is 16.0 Å². The monoisotopic (exact) mass is 313 g/mol. The van der Waals surface area contributed by atoms with Crippen LogP contribution in [0, 0.1) is 11.6 Å². The van der Waals surface area contributed by atoms with E-state index in [0.717, 1.165) is 24.3 Å². The zero-order valence-electron chi connectivity index (χ0n) is 10.4. The fourth-order valence-corrected chi connectivity index (χ4v) is 2.43. The molecule has 2 aromatic carbocycles. The van der Waals surface area contributed by atoms with Crippen LogP contribution >= 0.6 is 0 Å². The summed E-state index contributed by atoms with van der Waals surface area (Å²) in [6, 6.07) is 6.80. The number of benzene rings is 2. The van der Waals surface area contributed by atoms with Crippen molar-refractivity contribution in [3.8, 4) is 5.75 Å². The molecule has 110 valence electrons. The fraction of sp³-hybridized carbons (Fsp3) is 0. The maximum absolute atomic E-state index is 13.4. The summed E-state index contributed by atoms with van der Waals surface area (Å²) in [6.07, 6.45) is 0. The molecule has 1 amide bonds. The van der Waals surface area contributed by atoms with E-state index in [-0.39, 0.29) is 10.5 Å². The molecule has 0 aromatic heterocycles. The van der Waals surface area contributed by atoms with E-state index >= 15 is 0 Å². The second kappa shape index (κ2) is 5.49. The van der Waals surface area contributed by atoms with Gasteiger partial charge in [-0.1, -0.05) is 0 Å². The number of carbonyl (C=O) groups is 1. The summed E-state index contributed by atoms with van der Waals surface area (Å²) in [7, 11) is -4.31. The van der Waals surface area contributed by atoms with Gasteiger partial charge in [0.1, 0.15) is 10.7 Å². The second-order valence-electron chi connectivity index (χ2n) is 4.00. The summed E-state index contributed by atoms with van der Waals surface area (Å²) in [6.45, 7) is 0. The van der Waals surface area contributed by atoms with E-state index in [4.69, 9.17) is 5.73 Å². The van der Waals surface area contributed by atoms with Gasteiger partial charge in [0.2, 0.25) is 5.91 Å². The van der Waals surface area contributed by atoms with Crippen LogP contribution in [0.5, 0.6) is 5.75 Å². The van der Waals surface area contributed by atoms with Gasteiger partial charge in [-0.2, -0.15) is 8.42 Å². The van der Waals surface area contributed by atoms with Gasteiger partial charge in [0.05, 0.1) is 0 Å². The van der Waals surface area contributed by atoms with E-state index in [1.807, 2.05) is 0 Å². The van der Waals surface area contributed by atoms with Gasteiger partial charge in [-0.3, -0.25) is 4.79 Å². The van der Waals surface area contributed by atoms with E-state index in [2.05, 4.69) is 4.18 Å². The molecule has 0 atom stereocenters. The predicted octanol–water partition coefficient (Wildman–Crippen LogP) is 1.83. The van der Waals surface area contributed by atoms with Gasteiger partial charge < -0.3 is 9.92 Å². The highest BCUT2D eigenvalue weighted by Gasteiger charge is 2.19. The molecule has 0 fully saturated rings. The number of halogens is 2. The van der Waals surface area contributed by atoms with Gasteiger partial charge in [-0.25, -0.2) is 8.78 Å². The number of nitrogens with two attached hydrogens (primary N) is 1. The van der Waals surface area contributed by atoms with Crippen LogP contribution < -0.4 is 9.92 Å². The number of hydrogen-bond donors (Lipinski definition) is 1. The second-order valence-corrected chi connectivity index (χ2v) is 5.55. The molecule has 0 spiro atoms. The Bertz CT molecular complexity index is 788. The molecule has 2 N–H and O–H groups in total. The SMILES string of the molecule is NC(=O)c1ccc(S(=O)(=O)Oc2ccc(F)cc2F)cc1. The van der Waals surface area contributed by atoms with Crippen molar-refractivity contribution in [1.29, 1.82) is 0 Å². The van der Waals surface area contributed by atoms with Crippen LogP contribution in [-0.2, 0) is 10.1 Å². The fourth-order valence-electron chi connectivity index (χ4n) is 1.49. The van der Waals surface area contributed by atoms with Gasteiger partial charge in [-0.15, -0.1) is 0 Å². The van der Waals surface area contributed by atoms with Gasteiger partial charge >= 0.3 is 10.1 Å². The third-order valence-electron chi connectivity index (χ3n) is 2.52. The molecular weight excluding hydrogens is 304 g/mol. The lowest BCUT2D eigenvalue weighted by Gasteiger charge is -2.08. The minimum absolute atomic E-state index is 0.113. The standard InChI is InChI=1S/C13H9F2NO4S/c14-9-3-6-12(11(15)7-9)20-21(18,19)10-4-1-8(2-5-10)13(16)17/h1-7H,(H2,16,17). The first-order valence-electron chi connectivity index (χ1n) is 5.59. The maximum Gasteiger partial charge on any atom is 0.339 e. The topological polar surface area (TPSA) is 86.5 Å². The van der Waals surface area contributed by atoms with Crippen LogP contribution in [0.1, 0.15) is 10.4 Å². The van der Waals surface area contributed by atoms with Crippen LogP contribution in [-0.4, -0.2) is 14.3 Å². The van der Waals surface area contributed by atoms with Crippen molar-refractivity contribution in [2.45, 2.75) is 4.90 Å². The first-order chi connectivity index (χ1) is 9.79. The Kier molecular flexibility index (Phi) is 3.90. The van der Waals surface area contributed by atoms with Crippen LogP contribution in [0.2, 0.25) is 0 Å². The Morgan fingerprint density at radius 3 is 2.19 bits per heavy atom. The zero-order chi connectivity index (χ0) is 15.6. The Hall–Kier alpha value is -2.48. The molecule has 0 aliphatic heterocycles. The van der Waals surface area contributed by atoms with Gasteiger partial charge in [0.25, 0.3) is 0 Å². The molecule has 5 nitrogen and oxygen atoms in total. The summed E-state index contributed by atoms with van der Waals surface area (Å²) in [5, 5.41) is 0. The molecule has 0 aliphatic carbocycles. The molecule has 0 bridgehead atoms. The van der Waals surface area contributed by atoms with E-state index in [9.17, 15) is 22.0 Å². The third kappa shape index (κ3) is 3.34. The Labute approximate surface area is 119 Å². The summed E-state index contributed by atoms with van der Waals surface area (Å²) >= 11 is 0. The molecule has 0 radical (unpaired) electrons. The predicted molar refractivity (Wildman–Crippen MR) is 69.1 cm³/mol. The van der Waals surface area contributed by atoms with Crippen molar-refractivity contribution in [1.82, 2.24) is 0 Å². The molecule has 21 heavy (non-hydrogen) atoms. The highest BCUT2D eigenvalue weighted by atomic mass is 32.2. The largest absolute Gasteiger partial charge is 0.376 e. The highest BCUT2D eigenvalue weighted by molar-refractivity contribution is 7.87. The average Bonchev–Trinajstić information content (AvgIpc) is 2.42. The molecule has 0 unspecified atom stereocenters. The quantitative estimate of drug-likeness (QED) is 0.873.